The average Bonchev–Trinajstić information content (AvgIpc) is 3.37. The van der Waals surface area contributed by atoms with Gasteiger partial charge in [0.2, 0.25) is 0 Å². The molecular weight excluding hydrogens is 462 g/mol. The first-order chi connectivity index (χ1) is 15.9. The third kappa shape index (κ3) is 3.98. The molecule has 33 heavy (non-hydrogen) atoms. The Bertz CT molecular complexity index is 1350. The van der Waals surface area contributed by atoms with Crippen molar-refractivity contribution in [3.05, 3.63) is 75.5 Å². The van der Waals surface area contributed by atoms with Gasteiger partial charge >= 0.3 is 0 Å². The van der Waals surface area contributed by atoms with Crippen LogP contribution in [0, 0.1) is 5.92 Å². The molecular formula is C23H23N3O5S2. The quantitative estimate of drug-likeness (QED) is 0.599. The van der Waals surface area contributed by atoms with E-state index in [4.69, 9.17) is 4.74 Å². The fourth-order valence-electron chi connectivity index (χ4n) is 4.67. The van der Waals surface area contributed by atoms with Gasteiger partial charge in [0, 0.05) is 36.8 Å². The van der Waals surface area contributed by atoms with Crippen LogP contribution in [0.2, 0.25) is 0 Å². The van der Waals surface area contributed by atoms with Crippen LogP contribution < -0.4 is 15.6 Å². The number of nitrogens with zero attached hydrogens (tertiary/aromatic N) is 2. The summed E-state index contributed by atoms with van der Waals surface area (Å²) < 4.78 is 34.7. The van der Waals surface area contributed by atoms with Gasteiger partial charge in [-0.05, 0) is 60.2 Å². The third-order valence-corrected chi connectivity index (χ3v) is 9.47. The summed E-state index contributed by atoms with van der Waals surface area (Å²) in [5.74, 6) is 0.240. The van der Waals surface area contributed by atoms with Crippen LogP contribution in [0.25, 0.3) is 0 Å². The van der Waals surface area contributed by atoms with Crippen molar-refractivity contribution in [1.82, 2.24) is 8.87 Å². The maximum Gasteiger partial charge on any atom is 0.274 e. The first kappa shape index (κ1) is 21.9. The second kappa shape index (κ2) is 8.44. The number of ether oxygens (including phenoxy) is 1. The van der Waals surface area contributed by atoms with Gasteiger partial charge in [-0.2, -0.15) is 4.31 Å². The molecule has 4 heterocycles. The fourth-order valence-corrected chi connectivity index (χ4v) is 7.37. The van der Waals surface area contributed by atoms with Crippen LogP contribution in [-0.2, 0) is 16.6 Å². The largest absolute Gasteiger partial charge is 0.497 e. The molecule has 1 saturated heterocycles. The molecule has 0 spiro atoms. The molecule has 8 nitrogen and oxygen atoms in total. The van der Waals surface area contributed by atoms with Crippen molar-refractivity contribution in [3.8, 4) is 5.75 Å². The van der Waals surface area contributed by atoms with Gasteiger partial charge in [-0.3, -0.25) is 9.59 Å². The molecule has 172 valence electrons. The lowest BCUT2D eigenvalue weighted by atomic mass is 9.84. The predicted molar refractivity (Wildman–Crippen MR) is 126 cm³/mol. The first-order valence-electron chi connectivity index (χ1n) is 10.6. The van der Waals surface area contributed by atoms with E-state index in [0.717, 1.165) is 12.1 Å². The SMILES string of the molecule is COc1ccc(C(=O)Nc2ccc3n(c2=O)C[C@H]2C[C@@H]3CN(S(=O)(=O)c3cccs3)C2)cc1. The topological polar surface area (TPSA) is 97.7 Å². The van der Waals surface area contributed by atoms with Gasteiger partial charge in [0.05, 0.1) is 7.11 Å². The summed E-state index contributed by atoms with van der Waals surface area (Å²) in [6.45, 7) is 1.14. The Morgan fingerprint density at radius 3 is 2.58 bits per heavy atom. The molecule has 1 amide bonds. The number of carbonyl (C=O) groups excluding carboxylic acids is 1. The van der Waals surface area contributed by atoms with Crippen molar-refractivity contribution in [2.45, 2.75) is 23.1 Å². The van der Waals surface area contributed by atoms with E-state index < -0.39 is 10.0 Å². The number of anilines is 1. The highest BCUT2D eigenvalue weighted by Crippen LogP contribution is 2.38. The number of benzene rings is 1. The van der Waals surface area contributed by atoms with E-state index in [1.165, 1.54) is 11.3 Å². The van der Waals surface area contributed by atoms with Gasteiger partial charge in [0.25, 0.3) is 21.5 Å². The minimum Gasteiger partial charge on any atom is -0.497 e. The third-order valence-electron chi connectivity index (χ3n) is 6.26. The molecule has 0 aliphatic carbocycles. The fraction of sp³-hybridized carbons (Fsp3) is 0.304. The van der Waals surface area contributed by atoms with Crippen LogP contribution >= 0.6 is 11.3 Å². The Kier molecular flexibility index (Phi) is 5.59. The van der Waals surface area contributed by atoms with Crippen molar-refractivity contribution in [2.75, 3.05) is 25.5 Å². The number of rotatable bonds is 5. The molecule has 2 aliphatic heterocycles. The molecule has 1 fully saturated rings. The lowest BCUT2D eigenvalue weighted by Crippen LogP contribution is -2.49. The Morgan fingerprint density at radius 2 is 1.88 bits per heavy atom. The number of methoxy groups -OCH3 is 1. The summed E-state index contributed by atoms with van der Waals surface area (Å²) in [6.07, 6.45) is 0.841. The standard InChI is InChI=1S/C23H23N3O5S2/c1-31-18-6-4-16(5-7-18)22(27)24-19-8-9-20-17-11-15(13-26(20)23(19)28)12-25(14-17)33(29,30)21-3-2-10-32-21/h2-10,15,17H,11-14H2,1H3,(H,24,27)/t15-,17+/m0/s1. The van der Waals surface area contributed by atoms with Gasteiger partial charge in [-0.1, -0.05) is 6.07 Å². The van der Waals surface area contributed by atoms with Crippen LogP contribution in [0.5, 0.6) is 5.75 Å². The molecule has 2 atom stereocenters. The number of nitrogens with one attached hydrogen (secondary N) is 1. The number of hydrogen-bond donors (Lipinski definition) is 1. The molecule has 0 unspecified atom stereocenters. The number of aromatic nitrogens is 1. The second-order valence-corrected chi connectivity index (χ2v) is 11.4. The molecule has 2 bridgehead atoms. The highest BCUT2D eigenvalue weighted by Gasteiger charge is 2.40. The number of hydrogen-bond acceptors (Lipinski definition) is 6. The molecule has 3 aromatic rings. The number of pyridine rings is 1. The van der Waals surface area contributed by atoms with E-state index in [9.17, 15) is 18.0 Å². The zero-order valence-electron chi connectivity index (χ0n) is 17.9. The Hall–Kier alpha value is -2.95. The molecule has 0 saturated carbocycles. The van der Waals surface area contributed by atoms with E-state index in [0.29, 0.717) is 35.2 Å². The number of sulfonamides is 1. The van der Waals surface area contributed by atoms with Crippen LogP contribution in [0.3, 0.4) is 0 Å². The number of piperidine rings is 1. The summed E-state index contributed by atoms with van der Waals surface area (Å²) in [7, 11) is -1.98. The summed E-state index contributed by atoms with van der Waals surface area (Å²) in [5, 5.41) is 4.47. The molecule has 1 N–H and O–H groups in total. The number of thiophene rings is 1. The van der Waals surface area contributed by atoms with E-state index in [1.54, 1.807) is 63.8 Å². The van der Waals surface area contributed by atoms with Gasteiger partial charge in [-0.15, -0.1) is 11.3 Å². The smallest absolute Gasteiger partial charge is 0.274 e. The van der Waals surface area contributed by atoms with Gasteiger partial charge in [-0.25, -0.2) is 8.42 Å². The minimum atomic E-state index is -3.53. The Balaban J connectivity index is 1.39. The lowest BCUT2D eigenvalue weighted by molar-refractivity contribution is 0.102. The van der Waals surface area contributed by atoms with E-state index in [1.807, 2.05) is 6.07 Å². The molecule has 5 rings (SSSR count). The average molecular weight is 486 g/mol. The summed E-state index contributed by atoms with van der Waals surface area (Å²) in [5.41, 5.74) is 1.18. The van der Waals surface area contributed by atoms with Crippen LogP contribution in [0.15, 0.2) is 62.9 Å². The first-order valence-corrected chi connectivity index (χ1v) is 12.9. The molecule has 2 aliphatic rings. The van der Waals surface area contributed by atoms with E-state index in [-0.39, 0.29) is 29.0 Å². The maximum absolute atomic E-state index is 13.2. The van der Waals surface area contributed by atoms with E-state index in [2.05, 4.69) is 5.32 Å². The summed E-state index contributed by atoms with van der Waals surface area (Å²) >= 11 is 1.22. The zero-order chi connectivity index (χ0) is 23.2. The molecule has 0 radical (unpaired) electrons. The maximum atomic E-state index is 13.2. The van der Waals surface area contributed by atoms with Gasteiger partial charge in [0.15, 0.2) is 0 Å². The minimum absolute atomic E-state index is 0.0382. The van der Waals surface area contributed by atoms with Crippen molar-refractivity contribution >= 4 is 33.0 Å². The van der Waals surface area contributed by atoms with Crippen LogP contribution in [0.1, 0.15) is 28.4 Å². The number of fused-ring (bicyclic) bond motifs is 4. The molecule has 2 aromatic heterocycles. The Labute approximate surface area is 195 Å². The van der Waals surface area contributed by atoms with Crippen molar-refractivity contribution < 1.29 is 17.9 Å². The number of amides is 1. The van der Waals surface area contributed by atoms with Crippen LogP contribution in [-0.4, -0.2) is 43.4 Å². The molecule has 1 aromatic carbocycles. The highest BCUT2D eigenvalue weighted by atomic mass is 32.2. The van der Waals surface area contributed by atoms with E-state index >= 15 is 0 Å². The lowest BCUT2D eigenvalue weighted by Gasteiger charge is -2.42. The zero-order valence-corrected chi connectivity index (χ0v) is 19.6. The van der Waals surface area contributed by atoms with Crippen molar-refractivity contribution in [2.24, 2.45) is 5.92 Å². The monoisotopic (exact) mass is 485 g/mol. The van der Waals surface area contributed by atoms with Gasteiger partial charge < -0.3 is 14.6 Å². The summed E-state index contributed by atoms with van der Waals surface area (Å²) in [4.78, 5) is 25.8. The van der Waals surface area contributed by atoms with Crippen molar-refractivity contribution in [3.63, 3.8) is 0 Å². The van der Waals surface area contributed by atoms with Crippen LogP contribution in [0.4, 0.5) is 5.69 Å². The number of carbonyl (C=O) groups is 1. The normalized spacial score (nSPS) is 20.2. The molecule has 10 heteroatoms. The second-order valence-electron chi connectivity index (χ2n) is 8.32. The van der Waals surface area contributed by atoms with Gasteiger partial charge in [0.1, 0.15) is 15.6 Å². The highest BCUT2D eigenvalue weighted by molar-refractivity contribution is 7.91. The Morgan fingerprint density at radius 1 is 1.09 bits per heavy atom. The van der Waals surface area contributed by atoms with Crippen molar-refractivity contribution in [1.29, 1.82) is 0 Å². The summed E-state index contributed by atoms with van der Waals surface area (Å²) in [6, 6.07) is 13.4. The predicted octanol–water partition coefficient (Wildman–Crippen LogP) is 2.98.